The van der Waals surface area contributed by atoms with Crippen LogP contribution in [0.15, 0.2) is 52.9 Å². The summed E-state index contributed by atoms with van der Waals surface area (Å²) >= 11 is 5.96. The fraction of sp³-hybridized carbons (Fsp3) is 0.333. The SMILES string of the molecule is CCCCC(O)c1ccc(OCC(O)c2cc3cc(Cl)ccc3o2)cc1. The van der Waals surface area contributed by atoms with Crippen molar-refractivity contribution in [2.75, 3.05) is 6.61 Å². The zero-order valence-corrected chi connectivity index (χ0v) is 15.4. The molecule has 138 valence electrons. The number of unbranched alkanes of at least 4 members (excludes halogenated alkanes) is 1. The predicted molar refractivity (Wildman–Crippen MR) is 103 cm³/mol. The van der Waals surface area contributed by atoms with E-state index in [1.165, 1.54) is 0 Å². The second-order valence-corrected chi connectivity index (χ2v) is 6.82. The van der Waals surface area contributed by atoms with Crippen LogP contribution in [0.25, 0.3) is 11.0 Å². The number of rotatable bonds is 8. The van der Waals surface area contributed by atoms with Gasteiger partial charge in [-0.15, -0.1) is 0 Å². The van der Waals surface area contributed by atoms with E-state index in [9.17, 15) is 10.2 Å². The minimum absolute atomic E-state index is 0.0747. The molecule has 0 aliphatic carbocycles. The Balaban J connectivity index is 1.59. The van der Waals surface area contributed by atoms with Crippen LogP contribution in [0, 0.1) is 0 Å². The highest BCUT2D eigenvalue weighted by molar-refractivity contribution is 6.31. The fourth-order valence-corrected chi connectivity index (χ4v) is 2.99. The van der Waals surface area contributed by atoms with Crippen LogP contribution < -0.4 is 4.74 Å². The van der Waals surface area contributed by atoms with E-state index in [4.69, 9.17) is 20.8 Å². The maximum absolute atomic E-state index is 10.3. The average molecular weight is 375 g/mol. The van der Waals surface area contributed by atoms with Crippen LogP contribution in [0.2, 0.25) is 5.02 Å². The van der Waals surface area contributed by atoms with E-state index in [2.05, 4.69) is 6.92 Å². The second-order valence-electron chi connectivity index (χ2n) is 6.38. The quantitative estimate of drug-likeness (QED) is 0.552. The molecule has 3 aromatic rings. The third-order valence-corrected chi connectivity index (χ3v) is 4.56. The third-order valence-electron chi connectivity index (χ3n) is 4.33. The van der Waals surface area contributed by atoms with E-state index in [1.54, 1.807) is 36.4 Å². The van der Waals surface area contributed by atoms with Crippen molar-refractivity contribution in [3.8, 4) is 5.75 Å². The van der Waals surface area contributed by atoms with Gasteiger partial charge in [-0.1, -0.05) is 43.5 Å². The molecule has 2 unspecified atom stereocenters. The maximum atomic E-state index is 10.3. The summed E-state index contributed by atoms with van der Waals surface area (Å²) in [5.41, 5.74) is 1.55. The van der Waals surface area contributed by atoms with Crippen LogP contribution in [0.4, 0.5) is 0 Å². The number of fused-ring (bicyclic) bond motifs is 1. The second kappa shape index (κ2) is 8.58. The fourth-order valence-electron chi connectivity index (χ4n) is 2.81. The molecule has 0 fully saturated rings. The Bertz CT molecular complexity index is 841. The first-order chi connectivity index (χ1) is 12.6. The van der Waals surface area contributed by atoms with E-state index in [-0.39, 0.29) is 6.61 Å². The molecule has 26 heavy (non-hydrogen) atoms. The van der Waals surface area contributed by atoms with Gasteiger partial charge in [-0.05, 0) is 48.4 Å². The summed E-state index contributed by atoms with van der Waals surface area (Å²) in [7, 11) is 0. The zero-order valence-electron chi connectivity index (χ0n) is 14.7. The summed E-state index contributed by atoms with van der Waals surface area (Å²) < 4.78 is 11.3. The number of hydrogen-bond acceptors (Lipinski definition) is 4. The molecule has 1 heterocycles. The number of aliphatic hydroxyl groups excluding tert-OH is 2. The first kappa shape index (κ1) is 18.8. The molecular weight excluding hydrogens is 352 g/mol. The van der Waals surface area contributed by atoms with Gasteiger partial charge < -0.3 is 19.4 Å². The summed E-state index contributed by atoms with van der Waals surface area (Å²) in [6.07, 6.45) is 1.48. The summed E-state index contributed by atoms with van der Waals surface area (Å²) in [5, 5.41) is 21.9. The Morgan fingerprint density at radius 3 is 2.54 bits per heavy atom. The number of halogens is 1. The van der Waals surface area contributed by atoms with Crippen molar-refractivity contribution in [2.24, 2.45) is 0 Å². The van der Waals surface area contributed by atoms with E-state index in [0.29, 0.717) is 22.1 Å². The van der Waals surface area contributed by atoms with Gasteiger partial charge in [0.1, 0.15) is 29.8 Å². The molecule has 0 bridgehead atoms. The van der Waals surface area contributed by atoms with Gasteiger partial charge in [0.05, 0.1) is 6.10 Å². The van der Waals surface area contributed by atoms with Gasteiger partial charge in [0.2, 0.25) is 0 Å². The zero-order chi connectivity index (χ0) is 18.5. The normalized spacial score (nSPS) is 13.7. The molecule has 0 radical (unpaired) electrons. The van der Waals surface area contributed by atoms with Crippen LogP contribution in [-0.2, 0) is 0 Å². The first-order valence-corrected chi connectivity index (χ1v) is 9.22. The Kier molecular flexibility index (Phi) is 6.20. The topological polar surface area (TPSA) is 62.8 Å². The van der Waals surface area contributed by atoms with Crippen molar-refractivity contribution in [1.29, 1.82) is 0 Å². The molecule has 1 aromatic heterocycles. The molecule has 2 atom stereocenters. The first-order valence-electron chi connectivity index (χ1n) is 8.84. The van der Waals surface area contributed by atoms with Crippen molar-refractivity contribution < 1.29 is 19.4 Å². The smallest absolute Gasteiger partial charge is 0.145 e. The van der Waals surface area contributed by atoms with Gasteiger partial charge in [-0.25, -0.2) is 0 Å². The van der Waals surface area contributed by atoms with Crippen molar-refractivity contribution in [1.82, 2.24) is 0 Å². The number of hydrogen-bond donors (Lipinski definition) is 2. The highest BCUT2D eigenvalue weighted by Crippen LogP contribution is 2.27. The van der Waals surface area contributed by atoms with E-state index < -0.39 is 12.2 Å². The van der Waals surface area contributed by atoms with Gasteiger partial charge in [-0.3, -0.25) is 0 Å². The minimum Gasteiger partial charge on any atom is -0.490 e. The third kappa shape index (κ3) is 4.58. The van der Waals surface area contributed by atoms with Gasteiger partial charge in [0.25, 0.3) is 0 Å². The van der Waals surface area contributed by atoms with Crippen LogP contribution in [0.3, 0.4) is 0 Å². The Morgan fingerprint density at radius 1 is 1.04 bits per heavy atom. The number of aliphatic hydroxyl groups is 2. The van der Waals surface area contributed by atoms with Gasteiger partial charge in [0, 0.05) is 10.4 Å². The molecule has 3 rings (SSSR count). The van der Waals surface area contributed by atoms with Gasteiger partial charge >= 0.3 is 0 Å². The van der Waals surface area contributed by atoms with Gasteiger partial charge in [-0.2, -0.15) is 0 Å². The Morgan fingerprint density at radius 2 is 1.81 bits per heavy atom. The lowest BCUT2D eigenvalue weighted by molar-refractivity contribution is 0.0902. The summed E-state index contributed by atoms with van der Waals surface area (Å²) in [5.74, 6) is 1.07. The molecule has 0 aliphatic rings. The van der Waals surface area contributed by atoms with Crippen molar-refractivity contribution >= 4 is 22.6 Å². The van der Waals surface area contributed by atoms with Crippen molar-refractivity contribution in [3.05, 3.63) is 64.9 Å². The number of ether oxygens (including phenoxy) is 1. The monoisotopic (exact) mass is 374 g/mol. The molecule has 0 saturated carbocycles. The largest absolute Gasteiger partial charge is 0.490 e. The summed E-state index contributed by atoms with van der Waals surface area (Å²) in [4.78, 5) is 0. The maximum Gasteiger partial charge on any atom is 0.145 e. The standard InChI is InChI=1S/C21H23ClO4/c1-2-3-4-18(23)14-5-8-17(9-6-14)25-13-19(24)21-12-15-11-16(22)7-10-20(15)26-21/h5-12,18-19,23-24H,2-4,13H2,1H3. The molecule has 5 heteroatoms. The average Bonchev–Trinajstić information content (AvgIpc) is 3.07. The highest BCUT2D eigenvalue weighted by Gasteiger charge is 2.15. The van der Waals surface area contributed by atoms with Gasteiger partial charge in [0.15, 0.2) is 0 Å². The Hall–Kier alpha value is -2.01. The number of benzene rings is 2. The lowest BCUT2D eigenvalue weighted by Crippen LogP contribution is -2.09. The minimum atomic E-state index is -0.879. The van der Waals surface area contributed by atoms with Crippen molar-refractivity contribution in [3.63, 3.8) is 0 Å². The molecule has 4 nitrogen and oxygen atoms in total. The van der Waals surface area contributed by atoms with E-state index in [0.717, 1.165) is 30.2 Å². The van der Waals surface area contributed by atoms with Crippen LogP contribution in [0.5, 0.6) is 5.75 Å². The molecule has 2 aromatic carbocycles. The molecule has 2 N–H and O–H groups in total. The summed E-state index contributed by atoms with van der Waals surface area (Å²) in [6, 6.07) is 14.4. The molecular formula is C21H23ClO4. The van der Waals surface area contributed by atoms with Crippen LogP contribution >= 0.6 is 11.6 Å². The summed E-state index contributed by atoms with van der Waals surface area (Å²) in [6.45, 7) is 2.18. The predicted octanol–water partition coefficient (Wildman–Crippen LogP) is 5.42. The molecule has 0 aliphatic heterocycles. The number of furan rings is 1. The van der Waals surface area contributed by atoms with E-state index in [1.807, 2.05) is 12.1 Å². The lowest BCUT2D eigenvalue weighted by Gasteiger charge is -2.13. The van der Waals surface area contributed by atoms with Crippen LogP contribution in [-0.4, -0.2) is 16.8 Å². The molecule has 0 spiro atoms. The molecule has 0 amide bonds. The Labute approximate surface area is 158 Å². The van der Waals surface area contributed by atoms with Crippen LogP contribution in [0.1, 0.15) is 49.7 Å². The highest BCUT2D eigenvalue weighted by atomic mass is 35.5. The lowest BCUT2D eigenvalue weighted by atomic mass is 10.0. The molecule has 0 saturated heterocycles. The van der Waals surface area contributed by atoms with Crippen molar-refractivity contribution in [2.45, 2.75) is 38.4 Å². The van der Waals surface area contributed by atoms with E-state index >= 15 is 0 Å².